The van der Waals surface area contributed by atoms with E-state index in [-0.39, 0.29) is 11.9 Å². The Morgan fingerprint density at radius 2 is 2.08 bits per heavy atom. The summed E-state index contributed by atoms with van der Waals surface area (Å²) >= 11 is 6.41. The second kappa shape index (κ2) is 7.00. The van der Waals surface area contributed by atoms with Crippen molar-refractivity contribution in [2.45, 2.75) is 26.2 Å². The molecule has 4 N–H and O–H groups in total. The summed E-state index contributed by atoms with van der Waals surface area (Å²) in [5, 5.41) is 11.7. The van der Waals surface area contributed by atoms with E-state index in [4.69, 9.17) is 11.6 Å². The van der Waals surface area contributed by atoms with Gasteiger partial charge in [-0.3, -0.25) is 10.2 Å². The van der Waals surface area contributed by atoms with Gasteiger partial charge in [-0.15, -0.1) is 0 Å². The Bertz CT molecular complexity index is 759. The molecule has 3 rings (SSSR count). The minimum absolute atomic E-state index is 0.118. The first-order chi connectivity index (χ1) is 11.6. The number of hydrogen-bond donors (Lipinski definition) is 4. The Morgan fingerprint density at radius 3 is 2.79 bits per heavy atom. The summed E-state index contributed by atoms with van der Waals surface area (Å²) in [6, 6.07) is 9.32. The van der Waals surface area contributed by atoms with Crippen LogP contribution in [0.1, 0.15) is 18.2 Å². The lowest BCUT2D eigenvalue weighted by molar-refractivity contribution is -0.126. The summed E-state index contributed by atoms with van der Waals surface area (Å²) in [6.45, 7) is 3.61. The highest BCUT2D eigenvalue weighted by molar-refractivity contribution is 6.32. The third-order valence-electron chi connectivity index (χ3n) is 3.57. The standard InChI is InChI=1S/C15H18ClN7O/c1-9-12(8-17-20-15-18-14(24)10(2)19-21-15)13(16)23(22-9)11-6-4-3-5-7-11/h3-8,10,15,19-21H,1-2H3,(H,18,24)/b17-8+. The van der Waals surface area contributed by atoms with Crippen LogP contribution < -0.4 is 21.6 Å². The maximum absolute atomic E-state index is 11.6. The monoisotopic (exact) mass is 347 g/mol. The first-order valence-electron chi connectivity index (χ1n) is 7.47. The third-order valence-corrected chi connectivity index (χ3v) is 3.93. The van der Waals surface area contributed by atoms with Crippen molar-refractivity contribution in [3.8, 4) is 5.69 Å². The number of hydrogen-bond acceptors (Lipinski definition) is 6. The fraction of sp³-hybridized carbons (Fsp3) is 0.267. The molecule has 9 heteroatoms. The molecule has 0 spiro atoms. The molecule has 2 atom stereocenters. The highest BCUT2D eigenvalue weighted by Crippen LogP contribution is 2.21. The van der Waals surface area contributed by atoms with E-state index in [2.05, 4.69) is 31.8 Å². The first-order valence-corrected chi connectivity index (χ1v) is 7.84. The highest BCUT2D eigenvalue weighted by atomic mass is 35.5. The van der Waals surface area contributed by atoms with E-state index in [1.165, 1.54) is 0 Å². The lowest BCUT2D eigenvalue weighted by atomic mass is 10.3. The smallest absolute Gasteiger partial charge is 0.240 e. The molecule has 1 saturated heterocycles. The van der Waals surface area contributed by atoms with E-state index in [1.54, 1.807) is 17.8 Å². The summed E-state index contributed by atoms with van der Waals surface area (Å²) < 4.78 is 1.65. The third kappa shape index (κ3) is 3.40. The molecule has 1 amide bonds. The molecule has 1 aromatic heterocycles. The topological polar surface area (TPSA) is 95.4 Å². The molecule has 1 fully saturated rings. The number of benzene rings is 1. The van der Waals surface area contributed by atoms with Crippen molar-refractivity contribution < 1.29 is 4.79 Å². The van der Waals surface area contributed by atoms with Gasteiger partial charge in [-0.25, -0.2) is 15.5 Å². The second-order valence-electron chi connectivity index (χ2n) is 5.38. The zero-order valence-electron chi connectivity index (χ0n) is 13.2. The van der Waals surface area contributed by atoms with Crippen molar-refractivity contribution in [2.24, 2.45) is 5.10 Å². The van der Waals surface area contributed by atoms with E-state index in [1.807, 2.05) is 37.3 Å². The molecular weight excluding hydrogens is 330 g/mol. The summed E-state index contributed by atoms with van der Waals surface area (Å²) in [5.74, 6) is -0.118. The lowest BCUT2D eigenvalue weighted by Crippen LogP contribution is -2.68. The van der Waals surface area contributed by atoms with Crippen molar-refractivity contribution in [1.29, 1.82) is 0 Å². The number of amides is 1. The van der Waals surface area contributed by atoms with Gasteiger partial charge < -0.3 is 5.32 Å². The minimum atomic E-state index is -0.506. The van der Waals surface area contributed by atoms with Crippen LogP contribution in [0.15, 0.2) is 35.4 Å². The van der Waals surface area contributed by atoms with Crippen LogP contribution in [0.3, 0.4) is 0 Å². The number of aryl methyl sites for hydroxylation is 1. The Balaban J connectivity index is 1.72. The van der Waals surface area contributed by atoms with Crippen LogP contribution in [0.25, 0.3) is 5.69 Å². The molecule has 2 heterocycles. The molecule has 24 heavy (non-hydrogen) atoms. The van der Waals surface area contributed by atoms with Crippen LogP contribution in [0.5, 0.6) is 0 Å². The quantitative estimate of drug-likeness (QED) is 0.481. The normalized spacial score (nSPS) is 21.0. The van der Waals surface area contributed by atoms with E-state index >= 15 is 0 Å². The maximum Gasteiger partial charge on any atom is 0.240 e. The molecular formula is C15H18ClN7O. The molecule has 0 saturated carbocycles. The van der Waals surface area contributed by atoms with E-state index in [0.717, 1.165) is 11.4 Å². The number of aromatic nitrogens is 2. The van der Waals surface area contributed by atoms with Gasteiger partial charge in [0.1, 0.15) is 5.15 Å². The van der Waals surface area contributed by atoms with E-state index in [9.17, 15) is 4.79 Å². The number of para-hydroxylation sites is 1. The van der Waals surface area contributed by atoms with Gasteiger partial charge in [-0.1, -0.05) is 29.8 Å². The number of rotatable bonds is 4. The molecule has 2 unspecified atom stereocenters. The molecule has 126 valence electrons. The first kappa shape index (κ1) is 16.4. The van der Waals surface area contributed by atoms with Crippen LogP contribution in [0.4, 0.5) is 0 Å². The number of hydrazine groups is 1. The predicted molar refractivity (Wildman–Crippen MR) is 91.7 cm³/mol. The second-order valence-corrected chi connectivity index (χ2v) is 5.73. The average Bonchev–Trinajstić information content (AvgIpc) is 2.87. The number of carbonyl (C=O) groups is 1. The number of hydrazone groups is 1. The SMILES string of the molecule is Cc1nn(-c2ccccc2)c(Cl)c1/C=N/NC1NNC(C)C(=O)N1. The average molecular weight is 348 g/mol. The Labute approximate surface area is 144 Å². The van der Waals surface area contributed by atoms with Gasteiger partial charge in [0.2, 0.25) is 5.91 Å². The lowest BCUT2D eigenvalue weighted by Gasteiger charge is -2.28. The van der Waals surface area contributed by atoms with Gasteiger partial charge in [0.15, 0.2) is 6.29 Å². The van der Waals surface area contributed by atoms with Crippen LogP contribution in [-0.2, 0) is 4.79 Å². The Hall–Kier alpha value is -2.42. The van der Waals surface area contributed by atoms with Crippen molar-refractivity contribution >= 4 is 23.7 Å². The maximum atomic E-state index is 11.6. The summed E-state index contributed by atoms with van der Waals surface area (Å²) in [6.07, 6.45) is 1.07. The fourth-order valence-electron chi connectivity index (χ4n) is 2.22. The van der Waals surface area contributed by atoms with Crippen LogP contribution in [0.2, 0.25) is 5.15 Å². The van der Waals surface area contributed by atoms with E-state index < -0.39 is 6.29 Å². The van der Waals surface area contributed by atoms with Gasteiger partial charge >= 0.3 is 0 Å². The number of carbonyl (C=O) groups excluding carboxylic acids is 1. The molecule has 1 aliphatic rings. The van der Waals surface area contributed by atoms with Gasteiger partial charge in [0.25, 0.3) is 0 Å². The zero-order valence-corrected chi connectivity index (χ0v) is 14.0. The molecule has 0 radical (unpaired) electrons. The van der Waals surface area contributed by atoms with Gasteiger partial charge in [0, 0.05) is 0 Å². The van der Waals surface area contributed by atoms with Crippen LogP contribution in [-0.4, -0.2) is 34.2 Å². The van der Waals surface area contributed by atoms with Crippen molar-refractivity contribution in [3.63, 3.8) is 0 Å². The molecule has 0 aliphatic carbocycles. The largest absolute Gasteiger partial charge is 0.320 e. The van der Waals surface area contributed by atoms with Gasteiger partial charge in [0.05, 0.1) is 29.2 Å². The Kier molecular flexibility index (Phi) is 4.79. The summed E-state index contributed by atoms with van der Waals surface area (Å²) in [7, 11) is 0. The number of nitrogens with zero attached hydrogens (tertiary/aromatic N) is 3. The molecule has 0 bridgehead atoms. The molecule has 2 aromatic rings. The van der Waals surface area contributed by atoms with Crippen LogP contribution >= 0.6 is 11.6 Å². The van der Waals surface area contributed by atoms with E-state index in [0.29, 0.717) is 10.7 Å². The molecule has 8 nitrogen and oxygen atoms in total. The summed E-state index contributed by atoms with van der Waals surface area (Å²) in [4.78, 5) is 11.6. The van der Waals surface area contributed by atoms with Crippen molar-refractivity contribution in [3.05, 3.63) is 46.7 Å². The fourth-order valence-corrected chi connectivity index (χ4v) is 2.54. The van der Waals surface area contributed by atoms with Crippen LogP contribution in [0, 0.1) is 6.92 Å². The molecule has 1 aliphatic heterocycles. The highest BCUT2D eigenvalue weighted by Gasteiger charge is 2.22. The summed E-state index contributed by atoms with van der Waals surface area (Å²) in [5.41, 5.74) is 10.8. The minimum Gasteiger partial charge on any atom is -0.320 e. The number of nitrogens with one attached hydrogen (secondary N) is 4. The van der Waals surface area contributed by atoms with Crippen molar-refractivity contribution in [1.82, 2.24) is 31.4 Å². The number of halogens is 1. The van der Waals surface area contributed by atoms with Crippen molar-refractivity contribution in [2.75, 3.05) is 0 Å². The van der Waals surface area contributed by atoms with Gasteiger partial charge in [-0.2, -0.15) is 10.2 Å². The van der Waals surface area contributed by atoms with Gasteiger partial charge in [-0.05, 0) is 26.0 Å². The zero-order chi connectivity index (χ0) is 17.1. The Morgan fingerprint density at radius 1 is 1.33 bits per heavy atom. The predicted octanol–water partition coefficient (Wildman–Crippen LogP) is 0.654. The molecule has 1 aromatic carbocycles.